The number of carbonyl (C=O) groups excluding carboxylic acids is 1. The second-order valence-corrected chi connectivity index (χ2v) is 5.37. The van der Waals surface area contributed by atoms with Crippen molar-refractivity contribution >= 4 is 11.6 Å². The highest BCUT2D eigenvalue weighted by molar-refractivity contribution is 5.96. The van der Waals surface area contributed by atoms with Crippen LogP contribution in [0.25, 0.3) is 16.8 Å². The summed E-state index contributed by atoms with van der Waals surface area (Å²) in [6, 6.07) is 11.8. The molecule has 0 saturated heterocycles. The van der Waals surface area contributed by atoms with E-state index in [9.17, 15) is 4.79 Å². The minimum absolute atomic E-state index is 0.0775. The molecule has 0 radical (unpaired) electrons. The highest BCUT2D eigenvalue weighted by Gasteiger charge is 2.16. The lowest BCUT2D eigenvalue weighted by molar-refractivity contribution is 0.0800. The number of pyridine rings is 1. The number of amides is 1. The molecule has 4 rings (SSSR count). The van der Waals surface area contributed by atoms with Gasteiger partial charge < -0.3 is 9.30 Å². The highest BCUT2D eigenvalue weighted by atomic mass is 16.2. The van der Waals surface area contributed by atoms with E-state index in [0.717, 1.165) is 22.3 Å². The van der Waals surface area contributed by atoms with Gasteiger partial charge in [-0.05, 0) is 35.4 Å². The number of carbonyl (C=O) groups is 1. The van der Waals surface area contributed by atoms with Crippen LogP contribution in [-0.4, -0.2) is 33.3 Å². The third-order valence-corrected chi connectivity index (χ3v) is 3.95. The molecule has 108 valence electrons. The Morgan fingerprint density at radius 2 is 1.82 bits per heavy atom. The lowest BCUT2D eigenvalue weighted by atomic mass is 10.0. The van der Waals surface area contributed by atoms with E-state index in [1.54, 1.807) is 6.20 Å². The van der Waals surface area contributed by atoms with Crippen LogP contribution in [0.4, 0.5) is 0 Å². The summed E-state index contributed by atoms with van der Waals surface area (Å²) in [5.41, 5.74) is 3.72. The van der Waals surface area contributed by atoms with Crippen LogP contribution in [0.15, 0.2) is 67.1 Å². The Kier molecular flexibility index (Phi) is 3.00. The van der Waals surface area contributed by atoms with Crippen molar-refractivity contribution in [3.05, 3.63) is 72.7 Å². The van der Waals surface area contributed by atoms with E-state index in [1.807, 2.05) is 70.2 Å². The summed E-state index contributed by atoms with van der Waals surface area (Å²) in [5, 5.41) is 0. The maximum absolute atomic E-state index is 12.5. The molecule has 2 aromatic heterocycles. The first kappa shape index (κ1) is 12.8. The molecule has 1 aromatic carbocycles. The third kappa shape index (κ3) is 2.19. The minimum Gasteiger partial charge on any atom is -0.331 e. The molecule has 1 aliphatic rings. The van der Waals surface area contributed by atoms with Gasteiger partial charge in [-0.3, -0.25) is 4.79 Å². The Labute approximate surface area is 128 Å². The van der Waals surface area contributed by atoms with Crippen molar-refractivity contribution in [2.24, 2.45) is 0 Å². The van der Waals surface area contributed by atoms with Crippen LogP contribution >= 0.6 is 0 Å². The summed E-state index contributed by atoms with van der Waals surface area (Å²) in [5.74, 6) is 0.0775. The number of hydrogen-bond acceptors (Lipinski definition) is 2. The van der Waals surface area contributed by atoms with Crippen molar-refractivity contribution in [1.29, 1.82) is 0 Å². The molecule has 1 amide bonds. The van der Waals surface area contributed by atoms with Gasteiger partial charge in [0.05, 0.1) is 0 Å². The van der Waals surface area contributed by atoms with Crippen molar-refractivity contribution in [2.45, 2.75) is 0 Å². The second kappa shape index (κ2) is 5.15. The molecule has 0 bridgehead atoms. The maximum Gasteiger partial charge on any atom is 0.254 e. The molecule has 0 atom stereocenters. The van der Waals surface area contributed by atoms with Crippen molar-refractivity contribution in [1.82, 2.24) is 14.3 Å². The lowest BCUT2D eigenvalue weighted by Crippen LogP contribution is -2.28. The van der Waals surface area contributed by atoms with Crippen LogP contribution in [0.5, 0.6) is 0 Å². The molecular weight excluding hydrogens is 274 g/mol. The van der Waals surface area contributed by atoms with Gasteiger partial charge in [0.15, 0.2) is 0 Å². The van der Waals surface area contributed by atoms with Crippen LogP contribution in [0, 0.1) is 0 Å². The molecule has 0 saturated carbocycles. The first-order valence-electron chi connectivity index (χ1n) is 7.29. The van der Waals surface area contributed by atoms with E-state index < -0.39 is 0 Å². The van der Waals surface area contributed by atoms with E-state index in [1.165, 1.54) is 0 Å². The zero-order chi connectivity index (χ0) is 14.9. The molecule has 22 heavy (non-hydrogen) atoms. The predicted octanol–water partition coefficient (Wildman–Crippen LogP) is 3.01. The predicted molar refractivity (Wildman–Crippen MR) is 85.7 cm³/mol. The van der Waals surface area contributed by atoms with E-state index in [-0.39, 0.29) is 5.91 Å². The van der Waals surface area contributed by atoms with Gasteiger partial charge in [0.1, 0.15) is 5.65 Å². The Balaban J connectivity index is 1.70. The van der Waals surface area contributed by atoms with Crippen LogP contribution < -0.4 is 0 Å². The van der Waals surface area contributed by atoms with Crippen molar-refractivity contribution in [3.8, 4) is 11.1 Å². The smallest absolute Gasteiger partial charge is 0.254 e. The molecule has 0 spiro atoms. The van der Waals surface area contributed by atoms with Crippen molar-refractivity contribution in [2.75, 3.05) is 13.1 Å². The first-order chi connectivity index (χ1) is 10.8. The summed E-state index contributed by atoms with van der Waals surface area (Å²) < 4.78 is 1.97. The summed E-state index contributed by atoms with van der Waals surface area (Å²) in [4.78, 5) is 18.6. The molecule has 0 fully saturated rings. The highest BCUT2D eigenvalue weighted by Crippen LogP contribution is 2.22. The minimum atomic E-state index is 0.0775. The molecule has 3 aromatic rings. The van der Waals surface area contributed by atoms with Gasteiger partial charge in [-0.25, -0.2) is 4.98 Å². The average Bonchev–Trinajstić information content (AvgIpc) is 3.25. The zero-order valence-corrected chi connectivity index (χ0v) is 12.0. The Morgan fingerprint density at radius 3 is 2.68 bits per heavy atom. The fraction of sp³-hybridized carbons (Fsp3) is 0.111. The Morgan fingerprint density at radius 1 is 1.00 bits per heavy atom. The standard InChI is InChI=1S/C18H15N3O/c22-18(21-8-1-2-9-21)16-5-3-4-14(12-16)15-6-10-20-11-7-19-17(20)13-15/h1-7,10-13H,8-9H2. The number of aromatic nitrogens is 2. The van der Waals surface area contributed by atoms with Gasteiger partial charge in [-0.2, -0.15) is 0 Å². The molecule has 0 N–H and O–H groups in total. The Bertz CT molecular complexity index is 871. The lowest BCUT2D eigenvalue weighted by Gasteiger charge is -2.15. The maximum atomic E-state index is 12.5. The van der Waals surface area contributed by atoms with Gasteiger partial charge in [0, 0.05) is 37.2 Å². The van der Waals surface area contributed by atoms with Gasteiger partial charge in [-0.15, -0.1) is 0 Å². The van der Waals surface area contributed by atoms with Crippen LogP contribution in [0.1, 0.15) is 10.4 Å². The van der Waals surface area contributed by atoms with Crippen LogP contribution in [0.2, 0.25) is 0 Å². The van der Waals surface area contributed by atoms with E-state index >= 15 is 0 Å². The van der Waals surface area contributed by atoms with Gasteiger partial charge in [-0.1, -0.05) is 24.3 Å². The SMILES string of the molecule is O=C(c1cccc(-c2ccn3ccnc3c2)c1)N1CC=CC1. The molecular formula is C18H15N3O. The normalized spacial score (nSPS) is 13.9. The number of hydrogen-bond donors (Lipinski definition) is 0. The average molecular weight is 289 g/mol. The quantitative estimate of drug-likeness (QED) is 0.680. The summed E-state index contributed by atoms with van der Waals surface area (Å²) in [7, 11) is 0. The van der Waals surface area contributed by atoms with Crippen molar-refractivity contribution in [3.63, 3.8) is 0 Å². The van der Waals surface area contributed by atoms with Gasteiger partial charge in [0.25, 0.3) is 5.91 Å². The number of fused-ring (bicyclic) bond motifs is 1. The monoisotopic (exact) mass is 289 g/mol. The molecule has 4 nitrogen and oxygen atoms in total. The molecule has 0 aliphatic carbocycles. The van der Waals surface area contributed by atoms with Gasteiger partial charge >= 0.3 is 0 Å². The topological polar surface area (TPSA) is 37.6 Å². The first-order valence-corrected chi connectivity index (χ1v) is 7.29. The third-order valence-electron chi connectivity index (χ3n) is 3.95. The van der Waals surface area contributed by atoms with Crippen molar-refractivity contribution < 1.29 is 4.79 Å². The Hall–Kier alpha value is -2.88. The fourth-order valence-electron chi connectivity index (χ4n) is 2.75. The number of nitrogens with zero attached hydrogens (tertiary/aromatic N) is 3. The van der Waals surface area contributed by atoms with E-state index in [4.69, 9.17) is 0 Å². The summed E-state index contributed by atoms with van der Waals surface area (Å²) in [6.45, 7) is 1.40. The van der Waals surface area contributed by atoms with Gasteiger partial charge in [0.2, 0.25) is 0 Å². The molecule has 3 heterocycles. The number of benzene rings is 1. The molecule has 4 heteroatoms. The van der Waals surface area contributed by atoms with Crippen LogP contribution in [0.3, 0.4) is 0 Å². The second-order valence-electron chi connectivity index (χ2n) is 5.37. The van der Waals surface area contributed by atoms with E-state index in [2.05, 4.69) is 4.98 Å². The summed E-state index contributed by atoms with van der Waals surface area (Å²) >= 11 is 0. The molecule has 1 aliphatic heterocycles. The zero-order valence-electron chi connectivity index (χ0n) is 12.0. The van der Waals surface area contributed by atoms with E-state index in [0.29, 0.717) is 13.1 Å². The van der Waals surface area contributed by atoms with Crippen LogP contribution in [-0.2, 0) is 0 Å². The number of rotatable bonds is 2. The largest absolute Gasteiger partial charge is 0.331 e. The summed E-state index contributed by atoms with van der Waals surface area (Å²) in [6.07, 6.45) is 9.72. The fourth-order valence-corrected chi connectivity index (χ4v) is 2.75. The number of imidazole rings is 1. The molecule has 0 unspecified atom stereocenters.